The van der Waals surface area contributed by atoms with Crippen molar-refractivity contribution >= 4 is 88.1 Å². The Balaban J connectivity index is -0.000000136. The van der Waals surface area contributed by atoms with Crippen molar-refractivity contribution in [2.45, 2.75) is 166 Å². The summed E-state index contributed by atoms with van der Waals surface area (Å²) in [6, 6.07) is 25.6. The first-order chi connectivity index (χ1) is 42.3. The molecule has 1 aliphatic rings. The summed E-state index contributed by atoms with van der Waals surface area (Å²) in [5.41, 5.74) is 5.28. The Kier molecular flexibility index (Phi) is 102. The summed E-state index contributed by atoms with van der Waals surface area (Å²) in [5, 5.41) is 11.8. The lowest BCUT2D eigenvalue weighted by molar-refractivity contribution is -0.118. The van der Waals surface area contributed by atoms with Gasteiger partial charge in [0, 0.05) is 39.4 Å². The fourth-order valence-electron chi connectivity index (χ4n) is 6.48. The van der Waals surface area contributed by atoms with Gasteiger partial charge in [0.2, 0.25) is 11.8 Å². The maximum atomic E-state index is 11.0. The Morgan fingerprint density at radius 3 is 1.33 bits per heavy atom. The molecule has 4 N–H and O–H groups in total. The lowest BCUT2D eigenvalue weighted by Gasteiger charge is -2.26. The molecule has 0 atom stereocenters. The zero-order valence-electron chi connectivity index (χ0n) is 61.1. The van der Waals surface area contributed by atoms with E-state index in [-0.39, 0.29) is 23.6 Å². The number of nitrogens with zero attached hydrogens (tertiary/aromatic N) is 3. The van der Waals surface area contributed by atoms with Crippen molar-refractivity contribution in [2.24, 2.45) is 0 Å². The highest BCUT2D eigenvalue weighted by Crippen LogP contribution is 2.13. The van der Waals surface area contributed by atoms with Crippen molar-refractivity contribution in [3.8, 4) is 0 Å². The fraction of sp³-hybridized carbons (Fsp3) is 0.690. The van der Waals surface area contributed by atoms with Crippen LogP contribution in [0.1, 0.15) is 173 Å². The van der Waals surface area contributed by atoms with Crippen molar-refractivity contribution in [3.05, 3.63) is 101 Å². The molecule has 0 aromatic heterocycles. The van der Waals surface area contributed by atoms with Crippen LogP contribution in [0.5, 0.6) is 0 Å². The van der Waals surface area contributed by atoms with E-state index in [0.29, 0.717) is 11.3 Å². The normalized spacial score (nSPS) is 10.4. The zero-order chi connectivity index (χ0) is 68.9. The first-order valence-electron chi connectivity index (χ1n) is 32.2. The van der Waals surface area contributed by atoms with E-state index in [2.05, 4.69) is 113 Å². The van der Waals surface area contributed by atoms with Crippen molar-refractivity contribution in [1.82, 2.24) is 31.1 Å². The predicted molar refractivity (Wildman–Crippen MR) is 411 cm³/mol. The molecule has 0 unspecified atom stereocenters. The van der Waals surface area contributed by atoms with Gasteiger partial charge in [-0.3, -0.25) is 14.4 Å². The molecule has 88 heavy (non-hydrogen) atoms. The molecular weight excluding hydrogens is 1190 g/mol. The number of unbranched alkanes of at least 4 members (excludes halogenated alkanes) is 3. The van der Waals surface area contributed by atoms with Crippen LogP contribution in [0.25, 0.3) is 0 Å². The molecule has 3 aromatic carbocycles. The molecule has 4 rings (SSSR count). The number of Topliss-reactive ketones (excluding diaryl/α,β-unsaturated/α-hetero) is 1. The van der Waals surface area contributed by atoms with Crippen molar-refractivity contribution in [1.29, 1.82) is 0 Å². The number of anilines is 1. The molecule has 0 radical (unpaired) electrons. The molecule has 518 valence electrons. The third kappa shape index (κ3) is 89.7. The molecule has 0 saturated carbocycles. The van der Waals surface area contributed by atoms with Crippen LogP contribution in [0.15, 0.2) is 78.9 Å². The number of benzene rings is 3. The highest BCUT2D eigenvalue weighted by atomic mass is 32.2. The summed E-state index contributed by atoms with van der Waals surface area (Å²) in [4.78, 5) is 48.4. The molecule has 0 spiro atoms. The van der Waals surface area contributed by atoms with Gasteiger partial charge < -0.3 is 40.7 Å². The number of esters is 1. The highest BCUT2D eigenvalue weighted by molar-refractivity contribution is 7.99. The van der Waals surface area contributed by atoms with E-state index in [1.807, 2.05) is 145 Å². The number of amides is 2. The van der Waals surface area contributed by atoms with Crippen molar-refractivity contribution in [3.63, 3.8) is 0 Å². The van der Waals surface area contributed by atoms with Crippen LogP contribution < -0.4 is 26.2 Å². The first-order valence-corrected chi connectivity index (χ1v) is 39.4. The van der Waals surface area contributed by atoms with Crippen molar-refractivity contribution < 1.29 is 23.9 Å². The minimum Gasteiger partial charge on any atom is -0.465 e. The Morgan fingerprint density at radius 2 is 1.01 bits per heavy atom. The van der Waals surface area contributed by atoms with E-state index in [9.17, 15) is 19.2 Å². The summed E-state index contributed by atoms with van der Waals surface area (Å²) in [6.07, 6.45) is 28.5. The van der Waals surface area contributed by atoms with Crippen LogP contribution in [0.4, 0.5) is 5.69 Å². The van der Waals surface area contributed by atoms with Crippen molar-refractivity contribution in [2.75, 3.05) is 161 Å². The third-order valence-corrected chi connectivity index (χ3v) is 14.2. The smallest absolute Gasteiger partial charge is 0.337 e. The number of hydrogen-bond donors (Lipinski definition) is 4. The molecular formula is C71H139N7O5S5. The number of ketones is 1. The average molecular weight is 1330 g/mol. The Labute approximate surface area is 567 Å². The molecule has 0 bridgehead atoms. The second kappa shape index (κ2) is 88.5. The summed E-state index contributed by atoms with van der Waals surface area (Å²) >= 11 is 8.95. The largest absolute Gasteiger partial charge is 0.465 e. The lowest BCUT2D eigenvalue weighted by Crippen LogP contribution is -2.31. The van der Waals surface area contributed by atoms with Gasteiger partial charge in [-0.05, 0) is 231 Å². The second-order valence-electron chi connectivity index (χ2n) is 19.9. The molecule has 0 aliphatic carbocycles. The van der Waals surface area contributed by atoms with Crippen LogP contribution >= 0.6 is 58.8 Å². The maximum absolute atomic E-state index is 11.0. The first kappa shape index (κ1) is 101. The van der Waals surface area contributed by atoms with Gasteiger partial charge in [-0.25, -0.2) is 4.79 Å². The van der Waals surface area contributed by atoms with E-state index < -0.39 is 0 Å². The van der Waals surface area contributed by atoms with E-state index in [1.54, 1.807) is 68.5 Å². The van der Waals surface area contributed by atoms with Crippen LogP contribution in [0.2, 0.25) is 0 Å². The van der Waals surface area contributed by atoms with E-state index >= 15 is 0 Å². The maximum Gasteiger partial charge on any atom is 0.337 e. The number of hydrogen-bond acceptors (Lipinski definition) is 15. The Hall–Kier alpha value is -2.71. The molecule has 1 heterocycles. The topological polar surface area (TPSA) is 135 Å². The van der Waals surface area contributed by atoms with E-state index in [1.165, 1.54) is 153 Å². The van der Waals surface area contributed by atoms with Gasteiger partial charge >= 0.3 is 5.97 Å². The minimum atomic E-state index is -0.287. The van der Waals surface area contributed by atoms with E-state index in [0.717, 1.165) is 36.6 Å². The SMILES string of the molecule is CC.CC(=O)N(C)c1ccc(C)cc1.CCCCN(CCCC)CCCNC.CCCCSC.CCCNC.CCSC.CNC(C)=O.CNCCCN1CCCCC1.COC(=O)c1ccc(C)cc1.CSC.CSCC(C)=O.CSCc1ccccc1. The molecule has 1 fully saturated rings. The van der Waals surface area contributed by atoms with Crippen LogP contribution in [0.3, 0.4) is 0 Å². The highest BCUT2D eigenvalue weighted by Gasteiger charge is 2.08. The van der Waals surface area contributed by atoms with Gasteiger partial charge in [-0.2, -0.15) is 58.8 Å². The standard InChI is InChI=1S/C12H28N2.C10H13NO.C9H20N2.C9H10O2.C8H10S.C5H12S.C4H11N.C4H8OS.C3H7NO.C3H8S.C2H6S.C2H6/c1-4-6-10-14(11-7-5-2)12-8-9-13-3;1-8-4-6-10(7-5-8)11(3)9(2)12;1-10-6-5-9-11-7-3-2-4-8-11;1-7-3-5-8(6-4-7)9(10)11-2;1-9-7-8-5-3-2-4-6-8;1-3-4-5-6-2;1-3-4-5-2;1-4(5)3-6-2;1-3(5)4-2;1-3-4-2;1-3-2;1-2/h13H,4-12H2,1-3H3;4-7H,1-3H3;10H,2-9H2,1H3;3-6H,1-2H3;2-6H,7H2,1H3;3-5H2,1-2H3;5H,3-4H2,1-2H3;3H2,1-2H3;1-2H3,(H,4,5);3H2,1-2H3;1-2H3;1-2H3. The number of ether oxygens (including phenoxy) is 1. The average Bonchev–Trinajstić information content (AvgIpc) is 3.71. The molecule has 17 heteroatoms. The number of aryl methyl sites for hydroxylation is 2. The Bertz CT molecular complexity index is 1790. The quantitative estimate of drug-likeness (QED) is 0.0448. The molecule has 3 aromatic rings. The number of piperidine rings is 1. The number of likely N-dealkylation sites (tertiary alicyclic amines) is 1. The number of methoxy groups -OCH3 is 1. The number of carbonyl (C=O) groups is 4. The molecule has 12 nitrogen and oxygen atoms in total. The fourth-order valence-corrected chi connectivity index (χ4v) is 7.99. The van der Waals surface area contributed by atoms with Gasteiger partial charge in [0.1, 0.15) is 5.78 Å². The number of nitrogens with one attached hydrogen (secondary N) is 4. The minimum absolute atomic E-state index is 0.00463. The van der Waals surface area contributed by atoms with Gasteiger partial charge in [0.25, 0.3) is 0 Å². The summed E-state index contributed by atoms with van der Waals surface area (Å²) in [6.45, 7) is 34.9. The van der Waals surface area contributed by atoms with Gasteiger partial charge in [-0.15, -0.1) is 0 Å². The summed E-state index contributed by atoms with van der Waals surface area (Å²) in [7, 11) is 10.8. The van der Waals surface area contributed by atoms with Gasteiger partial charge in [-0.1, -0.05) is 140 Å². The van der Waals surface area contributed by atoms with E-state index in [4.69, 9.17) is 0 Å². The molecule has 1 aliphatic heterocycles. The lowest BCUT2D eigenvalue weighted by atomic mass is 10.1. The van der Waals surface area contributed by atoms with Crippen LogP contribution in [0, 0.1) is 13.8 Å². The van der Waals surface area contributed by atoms with Gasteiger partial charge in [0.05, 0.1) is 18.4 Å². The number of carbonyl (C=O) groups excluding carboxylic acids is 4. The van der Waals surface area contributed by atoms with Gasteiger partial charge in [0.15, 0.2) is 0 Å². The molecule has 2 amide bonds. The monoisotopic (exact) mass is 1330 g/mol. The Morgan fingerprint density at radius 1 is 0.568 bits per heavy atom. The summed E-state index contributed by atoms with van der Waals surface area (Å²) < 4.78 is 4.54. The van der Waals surface area contributed by atoms with Crippen LogP contribution in [-0.2, 0) is 24.9 Å². The second-order valence-corrected chi connectivity index (χ2v) is 24.6. The third-order valence-electron chi connectivity index (χ3n) is 11.6. The molecule has 1 saturated heterocycles. The number of rotatable bonds is 26. The number of thioether (sulfide) groups is 5. The zero-order valence-corrected chi connectivity index (χ0v) is 65.2. The van der Waals surface area contributed by atoms with Crippen LogP contribution in [-0.4, -0.2) is 189 Å². The summed E-state index contributed by atoms with van der Waals surface area (Å²) in [5.74, 6) is 4.37. The predicted octanol–water partition coefficient (Wildman–Crippen LogP) is 16.7.